The molecular weight excluding hydrogens is 358 g/mol. The van der Waals surface area contributed by atoms with Crippen LogP contribution >= 0.6 is 27.5 Å². The van der Waals surface area contributed by atoms with E-state index in [2.05, 4.69) is 21.2 Å². The summed E-state index contributed by atoms with van der Waals surface area (Å²) in [5, 5.41) is 13.8. The van der Waals surface area contributed by atoms with E-state index in [0.29, 0.717) is 22.9 Å². The van der Waals surface area contributed by atoms with Gasteiger partial charge in [-0.3, -0.25) is 0 Å². The molecule has 2 rings (SSSR count). The van der Waals surface area contributed by atoms with Crippen molar-refractivity contribution in [3.05, 3.63) is 45.4 Å². The van der Waals surface area contributed by atoms with Crippen molar-refractivity contribution in [1.29, 1.82) is 0 Å². The van der Waals surface area contributed by atoms with Gasteiger partial charge in [-0.2, -0.15) is 0 Å². The van der Waals surface area contributed by atoms with E-state index in [1.807, 2.05) is 18.2 Å². The summed E-state index contributed by atoms with van der Waals surface area (Å²) in [5.41, 5.74) is 1.50. The number of ether oxygens (including phenoxy) is 2. The van der Waals surface area contributed by atoms with Crippen molar-refractivity contribution >= 4 is 33.2 Å². The molecule has 0 atom stereocenters. The van der Waals surface area contributed by atoms with Gasteiger partial charge in [0.1, 0.15) is 5.75 Å². The van der Waals surface area contributed by atoms with Gasteiger partial charge in [-0.25, -0.2) is 0 Å². The topological polar surface area (TPSA) is 50.7 Å². The fourth-order valence-electron chi connectivity index (χ4n) is 1.88. The normalized spacial score (nSPS) is 10.3. The van der Waals surface area contributed by atoms with E-state index >= 15 is 0 Å². The molecule has 0 saturated heterocycles. The van der Waals surface area contributed by atoms with Crippen molar-refractivity contribution in [2.75, 3.05) is 19.5 Å². The minimum atomic E-state index is 0.0772. The molecule has 0 aliphatic carbocycles. The monoisotopic (exact) mass is 371 g/mol. The van der Waals surface area contributed by atoms with E-state index in [9.17, 15) is 5.11 Å². The third-order valence-electron chi connectivity index (χ3n) is 2.98. The van der Waals surface area contributed by atoms with Crippen molar-refractivity contribution in [1.82, 2.24) is 0 Å². The third-order valence-corrected chi connectivity index (χ3v) is 3.89. The van der Waals surface area contributed by atoms with Gasteiger partial charge in [0, 0.05) is 33.7 Å². The second kappa shape index (κ2) is 6.91. The van der Waals surface area contributed by atoms with Crippen molar-refractivity contribution in [3.8, 4) is 17.2 Å². The summed E-state index contributed by atoms with van der Waals surface area (Å²) in [7, 11) is 3.10. The molecule has 2 aromatic carbocycles. The van der Waals surface area contributed by atoms with Crippen LogP contribution in [0, 0.1) is 0 Å². The average molecular weight is 373 g/mol. The van der Waals surface area contributed by atoms with Crippen LogP contribution in [0.25, 0.3) is 0 Å². The Hall–Kier alpha value is -1.59. The minimum Gasteiger partial charge on any atom is -0.504 e. The van der Waals surface area contributed by atoms with Crippen LogP contribution in [-0.4, -0.2) is 19.3 Å². The fourth-order valence-corrected chi connectivity index (χ4v) is 2.49. The SMILES string of the molecule is COc1ccc(Br)c(NCc2cc(Cl)cc(OC)c2O)c1. The highest BCUT2D eigenvalue weighted by atomic mass is 79.9. The summed E-state index contributed by atoms with van der Waals surface area (Å²) < 4.78 is 11.2. The lowest BCUT2D eigenvalue weighted by Crippen LogP contribution is -2.01. The quantitative estimate of drug-likeness (QED) is 0.815. The molecular formula is C15H15BrClNO3. The van der Waals surface area contributed by atoms with Crippen LogP contribution in [0.5, 0.6) is 17.2 Å². The average Bonchev–Trinajstić information content (AvgIpc) is 2.49. The molecule has 0 aliphatic heterocycles. The summed E-state index contributed by atoms with van der Waals surface area (Å²) in [5.74, 6) is 1.17. The number of methoxy groups -OCH3 is 2. The Labute approximate surface area is 136 Å². The number of rotatable bonds is 5. The van der Waals surface area contributed by atoms with Crippen LogP contribution in [-0.2, 0) is 6.54 Å². The van der Waals surface area contributed by atoms with Gasteiger partial charge < -0.3 is 19.9 Å². The molecule has 0 fully saturated rings. The molecule has 2 aromatic rings. The van der Waals surface area contributed by atoms with Crippen LogP contribution in [0.4, 0.5) is 5.69 Å². The summed E-state index contributed by atoms with van der Waals surface area (Å²) in [6, 6.07) is 8.87. The van der Waals surface area contributed by atoms with Crippen LogP contribution in [0.1, 0.15) is 5.56 Å². The van der Waals surface area contributed by atoms with Gasteiger partial charge >= 0.3 is 0 Å². The van der Waals surface area contributed by atoms with Crippen LogP contribution in [0.2, 0.25) is 5.02 Å². The predicted octanol–water partition coefficient (Wildman–Crippen LogP) is 4.44. The van der Waals surface area contributed by atoms with Gasteiger partial charge in [-0.15, -0.1) is 0 Å². The lowest BCUT2D eigenvalue weighted by atomic mass is 10.1. The molecule has 4 nitrogen and oxygen atoms in total. The number of hydrogen-bond acceptors (Lipinski definition) is 4. The number of halogens is 2. The first kappa shape index (κ1) is 15.8. The second-order valence-corrected chi connectivity index (χ2v) is 5.61. The Kier molecular flexibility index (Phi) is 5.20. The summed E-state index contributed by atoms with van der Waals surface area (Å²) in [4.78, 5) is 0. The summed E-state index contributed by atoms with van der Waals surface area (Å²) in [6.45, 7) is 0.397. The molecule has 6 heteroatoms. The Morgan fingerprint density at radius 3 is 2.62 bits per heavy atom. The van der Waals surface area contributed by atoms with Gasteiger partial charge in [0.05, 0.1) is 19.9 Å². The highest BCUT2D eigenvalue weighted by molar-refractivity contribution is 9.10. The van der Waals surface area contributed by atoms with E-state index in [-0.39, 0.29) is 5.75 Å². The van der Waals surface area contributed by atoms with E-state index in [1.54, 1.807) is 19.2 Å². The molecule has 2 N–H and O–H groups in total. The number of anilines is 1. The predicted molar refractivity (Wildman–Crippen MR) is 87.7 cm³/mol. The van der Waals surface area contributed by atoms with Crippen molar-refractivity contribution < 1.29 is 14.6 Å². The zero-order valence-corrected chi connectivity index (χ0v) is 14.0. The zero-order valence-electron chi connectivity index (χ0n) is 11.6. The van der Waals surface area contributed by atoms with E-state index in [0.717, 1.165) is 15.9 Å². The Balaban J connectivity index is 2.22. The van der Waals surface area contributed by atoms with Gasteiger partial charge in [-0.05, 0) is 34.1 Å². The van der Waals surface area contributed by atoms with Crippen molar-refractivity contribution in [2.45, 2.75) is 6.54 Å². The van der Waals surface area contributed by atoms with Crippen molar-refractivity contribution in [3.63, 3.8) is 0 Å². The first-order chi connectivity index (χ1) is 10.0. The number of hydrogen-bond donors (Lipinski definition) is 2. The Morgan fingerprint density at radius 1 is 1.19 bits per heavy atom. The first-order valence-corrected chi connectivity index (χ1v) is 7.35. The maximum absolute atomic E-state index is 10.1. The number of benzene rings is 2. The lowest BCUT2D eigenvalue weighted by Gasteiger charge is -2.13. The number of nitrogens with one attached hydrogen (secondary N) is 1. The Bertz CT molecular complexity index is 649. The van der Waals surface area contributed by atoms with Crippen LogP contribution in [0.3, 0.4) is 0 Å². The molecule has 0 heterocycles. The third kappa shape index (κ3) is 3.74. The standard InChI is InChI=1S/C15H15BrClNO3/c1-20-11-3-4-12(16)13(7-11)18-8-9-5-10(17)6-14(21-2)15(9)19/h3-7,18-19H,8H2,1-2H3. The largest absolute Gasteiger partial charge is 0.504 e. The molecule has 0 unspecified atom stereocenters. The number of phenols is 1. The highest BCUT2D eigenvalue weighted by Gasteiger charge is 2.10. The van der Waals surface area contributed by atoms with E-state index in [4.69, 9.17) is 21.1 Å². The number of aromatic hydroxyl groups is 1. The summed E-state index contributed by atoms with van der Waals surface area (Å²) >= 11 is 9.48. The number of phenolic OH excluding ortho intramolecular Hbond substituents is 1. The molecule has 0 radical (unpaired) electrons. The molecule has 0 saturated carbocycles. The van der Waals surface area contributed by atoms with Gasteiger partial charge in [0.15, 0.2) is 11.5 Å². The van der Waals surface area contributed by atoms with Crippen LogP contribution in [0.15, 0.2) is 34.8 Å². The first-order valence-electron chi connectivity index (χ1n) is 6.18. The summed E-state index contributed by atoms with van der Waals surface area (Å²) in [6.07, 6.45) is 0. The minimum absolute atomic E-state index is 0.0772. The fraction of sp³-hybridized carbons (Fsp3) is 0.200. The van der Waals surface area contributed by atoms with E-state index in [1.165, 1.54) is 7.11 Å². The Morgan fingerprint density at radius 2 is 1.95 bits per heavy atom. The maximum atomic E-state index is 10.1. The second-order valence-electron chi connectivity index (χ2n) is 4.32. The van der Waals surface area contributed by atoms with Crippen LogP contribution < -0.4 is 14.8 Å². The molecule has 21 heavy (non-hydrogen) atoms. The highest BCUT2D eigenvalue weighted by Crippen LogP contribution is 2.34. The zero-order chi connectivity index (χ0) is 15.4. The van der Waals surface area contributed by atoms with Gasteiger partial charge in [0.25, 0.3) is 0 Å². The molecule has 0 spiro atoms. The molecule has 0 amide bonds. The molecule has 0 aromatic heterocycles. The molecule has 0 aliphatic rings. The molecule has 0 bridgehead atoms. The van der Waals surface area contributed by atoms with Crippen molar-refractivity contribution in [2.24, 2.45) is 0 Å². The van der Waals surface area contributed by atoms with Gasteiger partial charge in [-0.1, -0.05) is 11.6 Å². The van der Waals surface area contributed by atoms with Gasteiger partial charge in [0.2, 0.25) is 0 Å². The lowest BCUT2D eigenvalue weighted by molar-refractivity contribution is 0.371. The van der Waals surface area contributed by atoms with E-state index < -0.39 is 0 Å². The maximum Gasteiger partial charge on any atom is 0.162 e. The molecule has 112 valence electrons. The smallest absolute Gasteiger partial charge is 0.162 e.